The lowest BCUT2D eigenvalue weighted by atomic mass is 10.0. The highest BCUT2D eigenvalue weighted by molar-refractivity contribution is 9.10. The number of nitrogens with one attached hydrogen (secondary N) is 2. The summed E-state index contributed by atoms with van der Waals surface area (Å²) in [6.07, 6.45) is 1.19. The van der Waals surface area contributed by atoms with Gasteiger partial charge < -0.3 is 10.4 Å². The molecule has 2 aromatic rings. The number of benzene rings is 1. The van der Waals surface area contributed by atoms with Gasteiger partial charge in [-0.05, 0) is 30.7 Å². The number of aliphatic hydroxyl groups is 1. The van der Waals surface area contributed by atoms with Gasteiger partial charge in [0.25, 0.3) is 0 Å². The monoisotopic (exact) mass is 309 g/mol. The Bertz CT molecular complexity index is 469. The van der Waals surface area contributed by atoms with E-state index in [2.05, 4.69) is 31.4 Å². The fourth-order valence-electron chi connectivity index (χ4n) is 1.71. The summed E-state index contributed by atoms with van der Waals surface area (Å²) in [5.41, 5.74) is 1.91. The van der Waals surface area contributed by atoms with E-state index >= 15 is 0 Å². The van der Waals surface area contributed by atoms with Crippen LogP contribution in [0.4, 0.5) is 0 Å². The van der Waals surface area contributed by atoms with Crippen LogP contribution in [-0.2, 0) is 6.54 Å². The number of rotatable bonds is 5. The lowest BCUT2D eigenvalue weighted by Crippen LogP contribution is -2.31. The summed E-state index contributed by atoms with van der Waals surface area (Å²) in [6.45, 7) is 2.62. The van der Waals surface area contributed by atoms with Gasteiger partial charge in [-0.3, -0.25) is 5.10 Å². The molecule has 5 heteroatoms. The van der Waals surface area contributed by atoms with Gasteiger partial charge in [0.2, 0.25) is 0 Å². The second kappa shape index (κ2) is 6.13. The summed E-state index contributed by atoms with van der Waals surface area (Å²) in [4.78, 5) is 0. The molecule has 1 heterocycles. The lowest BCUT2D eigenvalue weighted by Gasteiger charge is -2.20. The molecular weight excluding hydrogens is 294 g/mol. The molecule has 96 valence electrons. The van der Waals surface area contributed by atoms with E-state index < -0.39 is 6.10 Å². The van der Waals surface area contributed by atoms with Crippen molar-refractivity contribution >= 4 is 15.9 Å². The van der Waals surface area contributed by atoms with E-state index in [1.807, 2.05) is 37.3 Å². The third-order valence-corrected chi connectivity index (χ3v) is 3.39. The van der Waals surface area contributed by atoms with E-state index in [0.717, 1.165) is 15.7 Å². The van der Waals surface area contributed by atoms with Crippen LogP contribution < -0.4 is 5.32 Å². The Balaban J connectivity index is 1.91. The summed E-state index contributed by atoms with van der Waals surface area (Å²) in [5, 5.41) is 20.2. The van der Waals surface area contributed by atoms with Gasteiger partial charge in [0.15, 0.2) is 0 Å². The van der Waals surface area contributed by atoms with Gasteiger partial charge in [0.05, 0.1) is 6.10 Å². The van der Waals surface area contributed by atoms with E-state index in [1.165, 1.54) is 0 Å². The Kier molecular flexibility index (Phi) is 4.52. The van der Waals surface area contributed by atoms with Crippen LogP contribution >= 0.6 is 15.9 Å². The molecule has 1 aromatic carbocycles. The molecule has 0 aliphatic rings. The molecule has 0 bridgehead atoms. The maximum atomic E-state index is 10.2. The molecule has 0 spiro atoms. The molecule has 4 nitrogen and oxygen atoms in total. The highest BCUT2D eigenvalue weighted by atomic mass is 79.9. The molecule has 0 aliphatic heterocycles. The average Bonchev–Trinajstić information content (AvgIpc) is 2.89. The zero-order valence-corrected chi connectivity index (χ0v) is 11.7. The lowest BCUT2D eigenvalue weighted by molar-refractivity contribution is 0.135. The number of hydrogen-bond donors (Lipinski definition) is 3. The van der Waals surface area contributed by atoms with Crippen molar-refractivity contribution in [3.63, 3.8) is 0 Å². The second-order valence-electron chi connectivity index (χ2n) is 4.25. The Hall–Kier alpha value is -1.17. The third-order valence-electron chi connectivity index (χ3n) is 2.86. The van der Waals surface area contributed by atoms with Gasteiger partial charge in [0, 0.05) is 29.0 Å². The number of aromatic nitrogens is 2. The van der Waals surface area contributed by atoms with Crippen molar-refractivity contribution in [2.45, 2.75) is 25.6 Å². The first-order valence-electron chi connectivity index (χ1n) is 5.82. The van der Waals surface area contributed by atoms with Crippen LogP contribution in [0, 0.1) is 0 Å². The van der Waals surface area contributed by atoms with Crippen molar-refractivity contribution in [3.05, 3.63) is 52.3 Å². The molecule has 1 aromatic heterocycles. The molecule has 2 rings (SSSR count). The molecule has 0 saturated heterocycles. The molecule has 0 fully saturated rings. The molecule has 0 aliphatic carbocycles. The first-order chi connectivity index (χ1) is 8.66. The summed E-state index contributed by atoms with van der Waals surface area (Å²) in [5.74, 6) is 0. The Labute approximate surface area is 115 Å². The summed E-state index contributed by atoms with van der Waals surface area (Å²) < 4.78 is 1.01. The first-order valence-corrected chi connectivity index (χ1v) is 6.61. The summed E-state index contributed by atoms with van der Waals surface area (Å²) in [7, 11) is 0. The van der Waals surface area contributed by atoms with Crippen LogP contribution in [0.1, 0.15) is 24.3 Å². The number of hydrogen-bond acceptors (Lipinski definition) is 3. The van der Waals surface area contributed by atoms with Gasteiger partial charge in [-0.15, -0.1) is 0 Å². The topological polar surface area (TPSA) is 60.9 Å². The fourth-order valence-corrected chi connectivity index (χ4v) is 1.98. The quantitative estimate of drug-likeness (QED) is 0.794. The SMILES string of the molecule is CC(NCc1ccn[nH]1)C(O)c1ccc(Br)cc1. The predicted octanol–water partition coefficient (Wildman–Crippen LogP) is 2.38. The van der Waals surface area contributed by atoms with Crippen molar-refractivity contribution < 1.29 is 5.11 Å². The molecule has 18 heavy (non-hydrogen) atoms. The molecule has 2 atom stereocenters. The van der Waals surface area contributed by atoms with Crippen molar-refractivity contribution in [2.75, 3.05) is 0 Å². The number of halogens is 1. The van der Waals surface area contributed by atoms with Gasteiger partial charge in [-0.2, -0.15) is 5.10 Å². The maximum absolute atomic E-state index is 10.2. The molecule has 0 amide bonds. The largest absolute Gasteiger partial charge is 0.387 e. The van der Waals surface area contributed by atoms with Gasteiger partial charge in [-0.1, -0.05) is 28.1 Å². The smallest absolute Gasteiger partial charge is 0.0940 e. The van der Waals surface area contributed by atoms with E-state index in [1.54, 1.807) is 6.20 Å². The number of aromatic amines is 1. The fraction of sp³-hybridized carbons (Fsp3) is 0.308. The third kappa shape index (κ3) is 3.41. The van der Waals surface area contributed by atoms with Crippen LogP contribution in [0.3, 0.4) is 0 Å². The molecule has 2 unspecified atom stereocenters. The summed E-state index contributed by atoms with van der Waals surface area (Å²) in [6, 6.07) is 9.58. The maximum Gasteiger partial charge on any atom is 0.0940 e. The first kappa shape index (κ1) is 13.3. The zero-order valence-electron chi connectivity index (χ0n) is 10.1. The Morgan fingerprint density at radius 3 is 2.67 bits per heavy atom. The minimum absolute atomic E-state index is 0.0329. The minimum Gasteiger partial charge on any atom is -0.387 e. The van der Waals surface area contributed by atoms with Gasteiger partial charge in [0.1, 0.15) is 0 Å². The van der Waals surface area contributed by atoms with E-state index in [4.69, 9.17) is 0 Å². The normalized spacial score (nSPS) is 14.4. The molecular formula is C13H16BrN3O. The van der Waals surface area contributed by atoms with E-state index in [9.17, 15) is 5.11 Å². The van der Waals surface area contributed by atoms with Crippen molar-refractivity contribution in [1.29, 1.82) is 0 Å². The average molecular weight is 310 g/mol. The van der Waals surface area contributed by atoms with E-state index in [0.29, 0.717) is 6.54 Å². The van der Waals surface area contributed by atoms with Crippen LogP contribution in [0.2, 0.25) is 0 Å². The molecule has 0 radical (unpaired) electrons. The standard InChI is InChI=1S/C13H16BrN3O/c1-9(15-8-12-6-7-16-17-12)13(18)10-2-4-11(14)5-3-10/h2-7,9,13,15,18H,8H2,1H3,(H,16,17). The van der Waals surface area contributed by atoms with Crippen molar-refractivity contribution in [2.24, 2.45) is 0 Å². The highest BCUT2D eigenvalue weighted by Gasteiger charge is 2.15. The van der Waals surface area contributed by atoms with Crippen LogP contribution in [-0.4, -0.2) is 21.3 Å². The predicted molar refractivity (Wildman–Crippen MR) is 74.0 cm³/mol. The highest BCUT2D eigenvalue weighted by Crippen LogP contribution is 2.19. The molecule has 3 N–H and O–H groups in total. The Morgan fingerprint density at radius 1 is 1.33 bits per heavy atom. The van der Waals surface area contributed by atoms with E-state index in [-0.39, 0.29) is 6.04 Å². The van der Waals surface area contributed by atoms with Crippen LogP contribution in [0.25, 0.3) is 0 Å². The van der Waals surface area contributed by atoms with Gasteiger partial charge >= 0.3 is 0 Å². The molecule has 0 saturated carbocycles. The van der Waals surface area contributed by atoms with Crippen molar-refractivity contribution in [1.82, 2.24) is 15.5 Å². The number of nitrogens with zero attached hydrogens (tertiary/aromatic N) is 1. The minimum atomic E-state index is -0.527. The van der Waals surface area contributed by atoms with Gasteiger partial charge in [-0.25, -0.2) is 0 Å². The zero-order chi connectivity index (χ0) is 13.0. The van der Waals surface area contributed by atoms with Crippen LogP contribution in [0.5, 0.6) is 0 Å². The summed E-state index contributed by atoms with van der Waals surface area (Å²) >= 11 is 3.38. The number of aliphatic hydroxyl groups excluding tert-OH is 1. The second-order valence-corrected chi connectivity index (χ2v) is 5.16. The van der Waals surface area contributed by atoms with Crippen molar-refractivity contribution in [3.8, 4) is 0 Å². The Morgan fingerprint density at radius 2 is 2.06 bits per heavy atom. The number of H-pyrrole nitrogens is 1. The van der Waals surface area contributed by atoms with Crippen LogP contribution in [0.15, 0.2) is 41.0 Å².